The van der Waals surface area contributed by atoms with Gasteiger partial charge in [0, 0.05) is 12.7 Å². The Bertz CT molecular complexity index is 495. The smallest absolute Gasteiger partial charge is 0.164 e. The van der Waals surface area contributed by atoms with Gasteiger partial charge in [-0.3, -0.25) is 4.68 Å². The fourth-order valence-corrected chi connectivity index (χ4v) is 1.66. The molecule has 0 bridgehead atoms. The van der Waals surface area contributed by atoms with Crippen LogP contribution in [-0.4, -0.2) is 19.7 Å². The van der Waals surface area contributed by atoms with Crippen LogP contribution < -0.4 is 0 Å². The van der Waals surface area contributed by atoms with E-state index in [1.165, 1.54) is 0 Å². The third-order valence-electron chi connectivity index (χ3n) is 2.10. The first kappa shape index (κ1) is 11.4. The minimum Gasteiger partial charge on any atom is -0.272 e. The molecule has 0 fully saturated rings. The van der Waals surface area contributed by atoms with E-state index in [0.29, 0.717) is 22.6 Å². The molecule has 84 valence electrons. The Morgan fingerprint density at radius 2 is 2.19 bits per heavy atom. The van der Waals surface area contributed by atoms with Crippen molar-refractivity contribution in [1.82, 2.24) is 19.7 Å². The van der Waals surface area contributed by atoms with Gasteiger partial charge in [0.2, 0.25) is 0 Å². The lowest BCUT2D eigenvalue weighted by molar-refractivity contribution is 0.660. The summed E-state index contributed by atoms with van der Waals surface area (Å²) in [6.07, 6.45) is 3.59. The molecule has 0 atom stereocenters. The highest BCUT2D eigenvalue weighted by molar-refractivity contribution is 6.29. The summed E-state index contributed by atoms with van der Waals surface area (Å²) in [5.74, 6) is 0.875. The molecule has 2 heterocycles. The van der Waals surface area contributed by atoms with E-state index < -0.39 is 0 Å². The minimum absolute atomic E-state index is 0.317. The van der Waals surface area contributed by atoms with E-state index >= 15 is 0 Å². The van der Waals surface area contributed by atoms with E-state index in [0.717, 1.165) is 12.1 Å². The highest BCUT2D eigenvalue weighted by Crippen LogP contribution is 2.18. The topological polar surface area (TPSA) is 43.6 Å². The Morgan fingerprint density at radius 3 is 2.81 bits per heavy atom. The maximum Gasteiger partial charge on any atom is 0.164 e. The second-order valence-electron chi connectivity index (χ2n) is 3.22. The number of hydrogen-bond acceptors (Lipinski definition) is 3. The van der Waals surface area contributed by atoms with Crippen molar-refractivity contribution in [3.8, 4) is 11.4 Å². The molecule has 0 saturated heterocycles. The molecule has 0 aliphatic rings. The average molecular weight is 257 g/mol. The molecule has 0 amide bonds. The van der Waals surface area contributed by atoms with Crippen LogP contribution in [0.5, 0.6) is 0 Å². The highest BCUT2D eigenvalue weighted by Gasteiger charge is 2.07. The van der Waals surface area contributed by atoms with Gasteiger partial charge in [-0.15, -0.1) is 11.6 Å². The maximum atomic E-state index is 5.88. The van der Waals surface area contributed by atoms with Crippen LogP contribution >= 0.6 is 23.2 Å². The zero-order valence-electron chi connectivity index (χ0n) is 8.69. The molecule has 6 heteroatoms. The summed E-state index contributed by atoms with van der Waals surface area (Å²) in [6, 6.07) is 1.66. The molecule has 0 aromatic carbocycles. The highest BCUT2D eigenvalue weighted by atomic mass is 35.5. The zero-order chi connectivity index (χ0) is 11.5. The van der Waals surface area contributed by atoms with Crippen molar-refractivity contribution in [3.63, 3.8) is 0 Å². The van der Waals surface area contributed by atoms with Gasteiger partial charge < -0.3 is 0 Å². The lowest BCUT2D eigenvalue weighted by Gasteiger charge is -2.00. The van der Waals surface area contributed by atoms with Crippen LogP contribution in [0.2, 0.25) is 5.15 Å². The van der Waals surface area contributed by atoms with Crippen molar-refractivity contribution in [2.24, 2.45) is 0 Å². The first-order valence-corrected chi connectivity index (χ1v) is 5.76. The molecule has 0 aliphatic heterocycles. The molecule has 4 nitrogen and oxygen atoms in total. The van der Waals surface area contributed by atoms with Crippen molar-refractivity contribution < 1.29 is 0 Å². The van der Waals surface area contributed by atoms with Gasteiger partial charge in [0.1, 0.15) is 5.15 Å². The summed E-state index contributed by atoms with van der Waals surface area (Å²) in [4.78, 5) is 8.43. The zero-order valence-corrected chi connectivity index (χ0v) is 10.2. The van der Waals surface area contributed by atoms with Gasteiger partial charge in [-0.1, -0.05) is 11.6 Å². The minimum atomic E-state index is 0.317. The van der Waals surface area contributed by atoms with Crippen molar-refractivity contribution >= 4 is 23.2 Å². The lowest BCUT2D eigenvalue weighted by Crippen LogP contribution is -1.94. The Hall–Kier alpha value is -1.13. The van der Waals surface area contributed by atoms with Gasteiger partial charge in [-0.2, -0.15) is 5.10 Å². The second-order valence-corrected chi connectivity index (χ2v) is 3.88. The predicted molar refractivity (Wildman–Crippen MR) is 63.5 cm³/mol. The monoisotopic (exact) mass is 256 g/mol. The largest absolute Gasteiger partial charge is 0.272 e. The van der Waals surface area contributed by atoms with E-state index in [1.54, 1.807) is 16.9 Å². The first-order chi connectivity index (χ1) is 7.72. The molecule has 0 unspecified atom stereocenters. The normalized spacial score (nSPS) is 10.7. The number of aromatic nitrogens is 4. The third-order valence-corrected chi connectivity index (χ3v) is 2.57. The maximum absolute atomic E-state index is 5.88. The number of nitrogens with zero attached hydrogens (tertiary/aromatic N) is 4. The van der Waals surface area contributed by atoms with Crippen LogP contribution in [0.25, 0.3) is 11.4 Å². The van der Waals surface area contributed by atoms with Crippen LogP contribution in [0.4, 0.5) is 0 Å². The lowest BCUT2D eigenvalue weighted by atomic mass is 10.3. The van der Waals surface area contributed by atoms with Crippen molar-refractivity contribution in [3.05, 3.63) is 29.3 Å². The number of halogens is 2. The number of rotatable bonds is 3. The van der Waals surface area contributed by atoms with Gasteiger partial charge in [-0.25, -0.2) is 9.97 Å². The summed E-state index contributed by atoms with van der Waals surface area (Å²) in [6.45, 7) is 2.82. The summed E-state index contributed by atoms with van der Waals surface area (Å²) < 4.78 is 1.81. The van der Waals surface area contributed by atoms with Crippen molar-refractivity contribution in [1.29, 1.82) is 0 Å². The van der Waals surface area contributed by atoms with Gasteiger partial charge in [0.25, 0.3) is 0 Å². The van der Waals surface area contributed by atoms with Crippen molar-refractivity contribution in [2.75, 3.05) is 0 Å². The van der Waals surface area contributed by atoms with Crippen LogP contribution in [0.1, 0.15) is 12.6 Å². The SMILES string of the molecule is CCn1cc(-c2nc(Cl)cc(CCl)n2)cn1. The van der Waals surface area contributed by atoms with E-state index in [9.17, 15) is 0 Å². The molecule has 2 aromatic heterocycles. The molecule has 0 aliphatic carbocycles. The van der Waals surface area contributed by atoms with Crippen LogP contribution in [-0.2, 0) is 12.4 Å². The van der Waals surface area contributed by atoms with E-state index in [4.69, 9.17) is 23.2 Å². The second kappa shape index (κ2) is 4.80. The van der Waals surface area contributed by atoms with Crippen LogP contribution in [0.15, 0.2) is 18.5 Å². The van der Waals surface area contributed by atoms with Gasteiger partial charge in [0.05, 0.1) is 23.3 Å². The molecule has 0 radical (unpaired) electrons. The Labute approximate surface area is 103 Å². The fourth-order valence-electron chi connectivity index (χ4n) is 1.31. The third kappa shape index (κ3) is 2.33. The summed E-state index contributed by atoms with van der Waals surface area (Å²) in [5.41, 5.74) is 1.55. The Morgan fingerprint density at radius 1 is 1.38 bits per heavy atom. The number of alkyl halides is 1. The molecule has 16 heavy (non-hydrogen) atoms. The average Bonchev–Trinajstić information content (AvgIpc) is 2.76. The fraction of sp³-hybridized carbons (Fsp3) is 0.300. The number of aryl methyl sites for hydroxylation is 1. The van der Waals surface area contributed by atoms with E-state index in [-0.39, 0.29) is 0 Å². The molecular formula is C10H10Cl2N4. The molecule has 0 spiro atoms. The predicted octanol–water partition coefficient (Wildman–Crippen LogP) is 2.75. The summed E-state index contributed by atoms with van der Waals surface area (Å²) >= 11 is 11.6. The van der Waals surface area contributed by atoms with Crippen LogP contribution in [0, 0.1) is 0 Å². The van der Waals surface area contributed by atoms with Crippen molar-refractivity contribution in [2.45, 2.75) is 19.3 Å². The van der Waals surface area contributed by atoms with E-state index in [1.807, 2.05) is 13.1 Å². The molecular weight excluding hydrogens is 247 g/mol. The standard InChI is InChI=1S/C10H10Cl2N4/c1-2-16-6-7(5-13-16)10-14-8(4-11)3-9(12)15-10/h3,5-6H,2,4H2,1H3. The van der Waals surface area contributed by atoms with Gasteiger partial charge in [0.15, 0.2) is 5.82 Å². The van der Waals surface area contributed by atoms with Gasteiger partial charge >= 0.3 is 0 Å². The summed E-state index contributed by atoms with van der Waals surface area (Å²) in [5, 5.41) is 4.55. The van der Waals surface area contributed by atoms with Gasteiger partial charge in [-0.05, 0) is 13.0 Å². The first-order valence-electron chi connectivity index (χ1n) is 4.85. The Kier molecular flexibility index (Phi) is 3.41. The molecule has 2 rings (SSSR count). The Balaban J connectivity index is 2.42. The summed E-state index contributed by atoms with van der Waals surface area (Å²) in [7, 11) is 0. The molecule has 2 aromatic rings. The quantitative estimate of drug-likeness (QED) is 0.627. The molecule has 0 saturated carbocycles. The number of hydrogen-bond donors (Lipinski definition) is 0. The van der Waals surface area contributed by atoms with Crippen LogP contribution in [0.3, 0.4) is 0 Å². The van der Waals surface area contributed by atoms with E-state index in [2.05, 4.69) is 15.1 Å². The molecule has 0 N–H and O–H groups in total.